The third kappa shape index (κ3) is 4.23. The Morgan fingerprint density at radius 3 is 2.76 bits per heavy atom. The van der Waals surface area contributed by atoms with Crippen molar-refractivity contribution >= 4 is 5.91 Å². The predicted molar refractivity (Wildman–Crippen MR) is 90.3 cm³/mol. The van der Waals surface area contributed by atoms with Gasteiger partial charge in [-0.25, -0.2) is 4.39 Å². The first kappa shape index (κ1) is 16.7. The van der Waals surface area contributed by atoms with Crippen molar-refractivity contribution in [2.45, 2.75) is 19.6 Å². The number of furan rings is 1. The molecule has 0 aliphatic heterocycles. The summed E-state index contributed by atoms with van der Waals surface area (Å²) in [6.07, 6.45) is 2.44. The molecule has 0 fully saturated rings. The van der Waals surface area contributed by atoms with E-state index in [9.17, 15) is 9.18 Å². The van der Waals surface area contributed by atoms with E-state index in [2.05, 4.69) is 10.3 Å². The number of aromatic nitrogens is 1. The number of rotatable bonds is 6. The summed E-state index contributed by atoms with van der Waals surface area (Å²) in [6.45, 7) is 1.87. The Morgan fingerprint density at radius 2 is 2.08 bits per heavy atom. The third-order valence-electron chi connectivity index (χ3n) is 3.57. The maximum absolute atomic E-state index is 13.5. The van der Waals surface area contributed by atoms with Gasteiger partial charge in [-0.3, -0.25) is 9.78 Å². The number of hydrogen-bond donors (Lipinski definition) is 1. The second-order valence-electron chi connectivity index (χ2n) is 5.44. The Balaban J connectivity index is 1.54. The number of para-hydroxylation sites is 1. The van der Waals surface area contributed by atoms with Gasteiger partial charge in [-0.15, -0.1) is 0 Å². The molecule has 1 amide bonds. The fourth-order valence-corrected chi connectivity index (χ4v) is 2.22. The molecule has 0 spiro atoms. The largest absolute Gasteiger partial charge is 0.478 e. The SMILES string of the molecule is CC(Oc1ccccc1F)C(=O)NCc1ccc(-c2ccco2)nc1. The zero-order valence-corrected chi connectivity index (χ0v) is 13.6. The summed E-state index contributed by atoms with van der Waals surface area (Å²) in [5.41, 5.74) is 1.55. The second kappa shape index (κ2) is 7.61. The molecule has 0 saturated carbocycles. The van der Waals surface area contributed by atoms with E-state index in [4.69, 9.17) is 9.15 Å². The first-order valence-electron chi connectivity index (χ1n) is 7.81. The van der Waals surface area contributed by atoms with Gasteiger partial charge in [-0.05, 0) is 42.8 Å². The number of carbonyl (C=O) groups excluding carboxylic acids is 1. The summed E-state index contributed by atoms with van der Waals surface area (Å²) < 4.78 is 24.2. The van der Waals surface area contributed by atoms with Gasteiger partial charge in [0.1, 0.15) is 5.69 Å². The Bertz CT molecular complexity index is 832. The Hall–Kier alpha value is -3.15. The fourth-order valence-electron chi connectivity index (χ4n) is 2.22. The maximum atomic E-state index is 13.5. The van der Waals surface area contributed by atoms with Crippen LogP contribution in [0, 0.1) is 5.82 Å². The zero-order chi connectivity index (χ0) is 17.6. The average molecular weight is 340 g/mol. The zero-order valence-electron chi connectivity index (χ0n) is 13.6. The van der Waals surface area contributed by atoms with Crippen LogP contribution in [-0.2, 0) is 11.3 Å². The van der Waals surface area contributed by atoms with E-state index >= 15 is 0 Å². The number of amides is 1. The quantitative estimate of drug-likeness (QED) is 0.745. The molecular formula is C19H17FN2O3. The van der Waals surface area contributed by atoms with Crippen LogP contribution >= 0.6 is 0 Å². The predicted octanol–water partition coefficient (Wildman–Crippen LogP) is 3.56. The molecule has 1 aromatic carbocycles. The van der Waals surface area contributed by atoms with E-state index < -0.39 is 11.9 Å². The van der Waals surface area contributed by atoms with Crippen molar-refractivity contribution in [3.8, 4) is 17.2 Å². The first-order chi connectivity index (χ1) is 12.1. The minimum absolute atomic E-state index is 0.0506. The van der Waals surface area contributed by atoms with Crippen LogP contribution in [0.15, 0.2) is 65.4 Å². The number of benzene rings is 1. The summed E-state index contributed by atoms with van der Waals surface area (Å²) in [4.78, 5) is 16.4. The summed E-state index contributed by atoms with van der Waals surface area (Å²) in [5, 5.41) is 2.74. The van der Waals surface area contributed by atoms with Crippen LogP contribution in [0.4, 0.5) is 4.39 Å². The maximum Gasteiger partial charge on any atom is 0.261 e. The molecule has 6 heteroatoms. The Labute approximate surface area is 144 Å². The highest BCUT2D eigenvalue weighted by atomic mass is 19.1. The molecule has 0 bridgehead atoms. The van der Waals surface area contributed by atoms with Gasteiger partial charge in [-0.2, -0.15) is 0 Å². The number of nitrogens with one attached hydrogen (secondary N) is 1. The Morgan fingerprint density at radius 1 is 1.24 bits per heavy atom. The van der Waals surface area contributed by atoms with Gasteiger partial charge >= 0.3 is 0 Å². The second-order valence-corrected chi connectivity index (χ2v) is 5.44. The highest BCUT2D eigenvalue weighted by Gasteiger charge is 2.16. The summed E-state index contributed by atoms with van der Waals surface area (Å²) in [6, 6.07) is 13.3. The molecule has 0 saturated heterocycles. The van der Waals surface area contributed by atoms with Crippen LogP contribution in [0.3, 0.4) is 0 Å². The normalized spacial score (nSPS) is 11.8. The van der Waals surface area contributed by atoms with Crippen LogP contribution in [-0.4, -0.2) is 17.0 Å². The summed E-state index contributed by atoms with van der Waals surface area (Å²) >= 11 is 0. The highest BCUT2D eigenvalue weighted by Crippen LogP contribution is 2.18. The van der Waals surface area contributed by atoms with Crippen molar-refractivity contribution in [3.05, 3.63) is 72.4 Å². The van der Waals surface area contributed by atoms with E-state index in [0.29, 0.717) is 12.3 Å². The van der Waals surface area contributed by atoms with Crippen LogP contribution in [0.5, 0.6) is 5.75 Å². The van der Waals surface area contributed by atoms with Gasteiger partial charge in [-0.1, -0.05) is 18.2 Å². The molecule has 2 heterocycles. The standard InChI is InChI=1S/C19H17FN2O3/c1-13(25-17-6-3-2-5-15(17)20)19(23)22-12-14-8-9-16(21-11-14)18-7-4-10-24-18/h2-11,13H,12H2,1H3,(H,22,23). The number of halogens is 1. The average Bonchev–Trinajstić information content (AvgIpc) is 3.16. The van der Waals surface area contributed by atoms with Crippen molar-refractivity contribution in [1.29, 1.82) is 0 Å². The molecule has 1 N–H and O–H groups in total. The first-order valence-corrected chi connectivity index (χ1v) is 7.81. The summed E-state index contributed by atoms with van der Waals surface area (Å²) in [5.74, 6) is -0.102. The smallest absolute Gasteiger partial charge is 0.261 e. The van der Waals surface area contributed by atoms with Crippen molar-refractivity contribution < 1.29 is 18.3 Å². The minimum atomic E-state index is -0.813. The number of hydrogen-bond acceptors (Lipinski definition) is 4. The van der Waals surface area contributed by atoms with Gasteiger partial charge in [0.05, 0.1) is 6.26 Å². The number of ether oxygens (including phenoxy) is 1. The molecule has 128 valence electrons. The van der Waals surface area contributed by atoms with Gasteiger partial charge in [0.25, 0.3) is 5.91 Å². The molecule has 3 rings (SSSR count). The minimum Gasteiger partial charge on any atom is -0.478 e. The molecule has 2 aromatic heterocycles. The lowest BCUT2D eigenvalue weighted by Gasteiger charge is -2.15. The number of nitrogens with zero attached hydrogens (tertiary/aromatic N) is 1. The molecule has 5 nitrogen and oxygen atoms in total. The van der Waals surface area contributed by atoms with E-state index in [1.165, 1.54) is 12.1 Å². The topological polar surface area (TPSA) is 64.4 Å². The Kier molecular flexibility index (Phi) is 5.09. The van der Waals surface area contributed by atoms with Gasteiger partial charge in [0.2, 0.25) is 0 Å². The lowest BCUT2D eigenvalue weighted by Crippen LogP contribution is -2.36. The van der Waals surface area contributed by atoms with Crippen LogP contribution < -0.4 is 10.1 Å². The summed E-state index contributed by atoms with van der Waals surface area (Å²) in [7, 11) is 0. The van der Waals surface area contributed by atoms with Gasteiger partial charge in [0, 0.05) is 12.7 Å². The highest BCUT2D eigenvalue weighted by molar-refractivity contribution is 5.80. The molecule has 0 aliphatic rings. The lowest BCUT2D eigenvalue weighted by molar-refractivity contribution is -0.127. The van der Waals surface area contributed by atoms with Crippen molar-refractivity contribution in [3.63, 3.8) is 0 Å². The van der Waals surface area contributed by atoms with E-state index in [-0.39, 0.29) is 11.7 Å². The molecule has 0 radical (unpaired) electrons. The van der Waals surface area contributed by atoms with Crippen molar-refractivity contribution in [2.24, 2.45) is 0 Å². The lowest BCUT2D eigenvalue weighted by atomic mass is 10.2. The molecular weight excluding hydrogens is 323 g/mol. The number of carbonyl (C=O) groups is 1. The van der Waals surface area contributed by atoms with E-state index in [0.717, 1.165) is 11.3 Å². The van der Waals surface area contributed by atoms with Gasteiger partial charge < -0.3 is 14.5 Å². The molecule has 25 heavy (non-hydrogen) atoms. The molecule has 1 atom stereocenters. The molecule has 1 unspecified atom stereocenters. The van der Waals surface area contributed by atoms with E-state index in [1.54, 1.807) is 37.6 Å². The number of pyridine rings is 1. The van der Waals surface area contributed by atoms with Gasteiger partial charge in [0.15, 0.2) is 23.4 Å². The molecule has 3 aromatic rings. The van der Waals surface area contributed by atoms with E-state index in [1.807, 2.05) is 18.2 Å². The third-order valence-corrected chi connectivity index (χ3v) is 3.57. The van der Waals surface area contributed by atoms with Crippen molar-refractivity contribution in [2.75, 3.05) is 0 Å². The fraction of sp³-hybridized carbons (Fsp3) is 0.158. The van der Waals surface area contributed by atoms with Crippen LogP contribution in [0.2, 0.25) is 0 Å². The van der Waals surface area contributed by atoms with Crippen LogP contribution in [0.25, 0.3) is 11.5 Å². The monoisotopic (exact) mass is 340 g/mol. The van der Waals surface area contributed by atoms with Crippen molar-refractivity contribution in [1.82, 2.24) is 10.3 Å². The van der Waals surface area contributed by atoms with Crippen LogP contribution in [0.1, 0.15) is 12.5 Å². The molecule has 0 aliphatic carbocycles.